The van der Waals surface area contributed by atoms with Gasteiger partial charge in [0.2, 0.25) is 11.8 Å². The Hall–Kier alpha value is -1.10. The van der Waals surface area contributed by atoms with Crippen molar-refractivity contribution >= 4 is 55.6 Å². The van der Waals surface area contributed by atoms with E-state index in [1.165, 1.54) is 38.3 Å². The van der Waals surface area contributed by atoms with Crippen LogP contribution in [0.2, 0.25) is 0 Å². The maximum absolute atomic E-state index is 11.7. The smallest absolute Gasteiger partial charge is 0.744 e. The number of amides is 2. The first-order chi connectivity index (χ1) is 14.8. The van der Waals surface area contributed by atoms with E-state index in [0.717, 1.165) is 24.3 Å². The Morgan fingerprint density at radius 1 is 0.853 bits per heavy atom. The summed E-state index contributed by atoms with van der Waals surface area (Å²) in [6, 6.07) is 7.03. The Kier molecular flexibility index (Phi) is 13.4. The second kappa shape index (κ2) is 13.8. The number of anilines is 2. The van der Waals surface area contributed by atoms with Gasteiger partial charge in [-0.2, -0.15) is 0 Å². The Morgan fingerprint density at radius 3 is 1.62 bits per heavy atom. The summed E-state index contributed by atoms with van der Waals surface area (Å²) in [7, 11) is -8.64. The fourth-order valence-corrected chi connectivity index (χ4v) is 4.04. The maximum atomic E-state index is 11.7. The summed E-state index contributed by atoms with van der Waals surface area (Å²) in [5, 5.41) is 4.71. The van der Waals surface area contributed by atoms with Crippen molar-refractivity contribution in [2.24, 2.45) is 0 Å². The zero-order chi connectivity index (χ0) is 24.1. The van der Waals surface area contributed by atoms with Gasteiger partial charge in [0.15, 0.2) is 0 Å². The number of carbonyl (C=O) groups excluding carboxylic acids is 2. The average molecular weight is 528 g/mol. The van der Waals surface area contributed by atoms with Gasteiger partial charge in [0.05, 0.1) is 9.79 Å². The first-order valence-corrected chi connectivity index (χ1v) is 11.6. The summed E-state index contributed by atoms with van der Waals surface area (Å²) >= 11 is 0. The number of benzene rings is 2. The zero-order valence-corrected chi connectivity index (χ0v) is 24.4. The molecule has 0 fully saturated rings. The van der Waals surface area contributed by atoms with Crippen LogP contribution < -0.4 is 69.7 Å². The van der Waals surface area contributed by atoms with E-state index in [2.05, 4.69) is 15.4 Å². The first-order valence-electron chi connectivity index (χ1n) is 8.75. The van der Waals surface area contributed by atoms with E-state index in [4.69, 9.17) is 0 Å². The van der Waals surface area contributed by atoms with E-state index in [1.807, 2.05) is 0 Å². The topological polar surface area (TPSA) is 182 Å². The van der Waals surface area contributed by atoms with Crippen molar-refractivity contribution in [1.29, 1.82) is 0 Å². The van der Waals surface area contributed by atoms with Crippen LogP contribution in [-0.2, 0) is 34.6 Å². The van der Waals surface area contributed by atoms with Crippen LogP contribution in [0.15, 0.2) is 46.2 Å². The van der Waals surface area contributed by atoms with Crippen molar-refractivity contribution in [1.82, 2.24) is 0 Å². The molecule has 2 aromatic carbocycles. The largest absolute Gasteiger partial charge is 1.00 e. The van der Waals surface area contributed by atoms with Crippen LogP contribution in [0.1, 0.15) is 18.1 Å². The zero-order valence-electron chi connectivity index (χ0n) is 18.8. The van der Waals surface area contributed by atoms with E-state index in [0.29, 0.717) is 0 Å². The molecule has 0 aromatic heterocycles. The third-order valence-corrected chi connectivity index (χ3v) is 5.67. The molecule has 2 aromatic rings. The predicted octanol–water partition coefficient (Wildman–Crippen LogP) is -4.78. The molecule has 15 heteroatoms. The van der Waals surface area contributed by atoms with E-state index in [-0.39, 0.29) is 88.2 Å². The molecular formula is C19H18N2Na2O9S2. The monoisotopic (exact) mass is 528 g/mol. The summed E-state index contributed by atoms with van der Waals surface area (Å²) in [5.41, 5.74) is -0.102. The van der Waals surface area contributed by atoms with Gasteiger partial charge in [0.25, 0.3) is 0 Å². The third kappa shape index (κ3) is 9.87. The van der Waals surface area contributed by atoms with E-state index >= 15 is 0 Å². The second-order valence-corrected chi connectivity index (χ2v) is 9.11. The fourth-order valence-electron chi connectivity index (χ4n) is 2.64. The Morgan fingerprint density at radius 2 is 1.26 bits per heavy atom. The molecule has 2 rings (SSSR count). The quantitative estimate of drug-likeness (QED) is 0.193. The van der Waals surface area contributed by atoms with E-state index < -0.39 is 41.8 Å². The summed E-state index contributed by atoms with van der Waals surface area (Å²) in [6.45, 7) is 0.910. The van der Waals surface area contributed by atoms with Gasteiger partial charge in [-0.05, 0) is 35.4 Å². The van der Waals surface area contributed by atoms with Gasteiger partial charge in [-0.3, -0.25) is 9.59 Å². The fraction of sp³-hybridized carbons (Fsp3) is 0.158. The molecular weight excluding hydrogens is 510 g/mol. The number of hydrogen-bond acceptors (Lipinski definition) is 9. The molecule has 0 saturated carbocycles. The van der Waals surface area contributed by atoms with Crippen LogP contribution in [0.5, 0.6) is 0 Å². The molecule has 172 valence electrons. The molecule has 11 nitrogen and oxygen atoms in total. The SMILES string of the molecule is COCC(=O)Nc1ccc(/C=C/c2ccc(NC(C)=O)cc2S(=O)(=O)[O-])c(S(=O)(=O)[O-])c1.[Na+].[Na+]. The van der Waals surface area contributed by atoms with Crippen molar-refractivity contribution in [3.8, 4) is 0 Å². The number of ether oxygens (including phenoxy) is 1. The van der Waals surface area contributed by atoms with Crippen molar-refractivity contribution in [2.45, 2.75) is 16.7 Å². The minimum atomic E-state index is -4.98. The number of carbonyl (C=O) groups is 2. The molecule has 0 atom stereocenters. The van der Waals surface area contributed by atoms with Crippen LogP contribution in [-0.4, -0.2) is 51.5 Å². The molecule has 0 spiro atoms. The van der Waals surface area contributed by atoms with E-state index in [9.17, 15) is 35.5 Å². The average Bonchev–Trinajstić information content (AvgIpc) is 2.65. The molecule has 34 heavy (non-hydrogen) atoms. The summed E-state index contributed by atoms with van der Waals surface area (Å²) < 4.78 is 74.6. The van der Waals surface area contributed by atoms with Gasteiger partial charge >= 0.3 is 59.1 Å². The molecule has 0 heterocycles. The van der Waals surface area contributed by atoms with Crippen LogP contribution in [0.3, 0.4) is 0 Å². The Labute approximate surface area is 241 Å². The van der Waals surface area contributed by atoms with Crippen molar-refractivity contribution in [2.75, 3.05) is 24.4 Å². The van der Waals surface area contributed by atoms with Gasteiger partial charge in [0, 0.05) is 25.4 Å². The molecule has 0 bridgehead atoms. The van der Waals surface area contributed by atoms with Crippen LogP contribution in [0.25, 0.3) is 12.2 Å². The van der Waals surface area contributed by atoms with Gasteiger partial charge in [-0.15, -0.1) is 0 Å². The first kappa shape index (κ1) is 32.9. The van der Waals surface area contributed by atoms with Gasteiger partial charge < -0.3 is 24.5 Å². The van der Waals surface area contributed by atoms with Gasteiger partial charge in [-0.1, -0.05) is 24.3 Å². The second-order valence-electron chi connectivity index (χ2n) is 6.41. The summed E-state index contributed by atoms with van der Waals surface area (Å²) in [4.78, 5) is 21.4. The number of rotatable bonds is 8. The van der Waals surface area contributed by atoms with Crippen molar-refractivity contribution < 1.29 is 99.4 Å². The molecule has 0 aliphatic carbocycles. The molecule has 2 amide bonds. The van der Waals surface area contributed by atoms with Crippen molar-refractivity contribution in [3.63, 3.8) is 0 Å². The number of hydrogen-bond donors (Lipinski definition) is 2. The maximum Gasteiger partial charge on any atom is 1.00 e. The Bertz CT molecular complexity index is 1290. The molecule has 0 saturated heterocycles. The molecule has 0 unspecified atom stereocenters. The van der Waals surface area contributed by atoms with Crippen LogP contribution >= 0.6 is 0 Å². The molecule has 0 aliphatic rings. The third-order valence-electron chi connectivity index (χ3n) is 3.89. The Balaban J connectivity index is 0.00000544. The standard InChI is InChI=1S/C19H20N2O9S2.2Na/c1-12(22)20-15-7-5-13(17(9-15)31(24,25)26)3-4-14-6-8-16(21-19(23)11-30-2)10-18(14)32(27,28)29;;/h3-10H,11H2,1-2H3,(H,20,22)(H,21,23)(H,24,25,26)(H,27,28,29);;/q;2*+1/p-2/b4-3+;;. The van der Waals surface area contributed by atoms with Crippen molar-refractivity contribution in [3.05, 3.63) is 47.5 Å². The normalized spacial score (nSPS) is 11.3. The van der Waals surface area contributed by atoms with Crippen LogP contribution in [0.4, 0.5) is 11.4 Å². The van der Waals surface area contributed by atoms with Gasteiger partial charge in [-0.25, -0.2) is 16.8 Å². The minimum absolute atomic E-state index is 0. The molecule has 0 radical (unpaired) electrons. The van der Waals surface area contributed by atoms with Gasteiger partial charge in [0.1, 0.15) is 26.8 Å². The van der Waals surface area contributed by atoms with E-state index in [1.54, 1.807) is 0 Å². The number of nitrogens with one attached hydrogen (secondary N) is 2. The molecule has 2 N–H and O–H groups in total. The summed E-state index contributed by atoms with van der Waals surface area (Å²) in [6.07, 6.45) is 2.27. The number of methoxy groups -OCH3 is 1. The molecule has 0 aliphatic heterocycles. The summed E-state index contributed by atoms with van der Waals surface area (Å²) in [5.74, 6) is -1.06. The van der Waals surface area contributed by atoms with Crippen LogP contribution in [0, 0.1) is 0 Å². The minimum Gasteiger partial charge on any atom is -0.744 e. The predicted molar refractivity (Wildman–Crippen MR) is 113 cm³/mol.